The zero-order chi connectivity index (χ0) is 15.0. The molecule has 4 nitrogen and oxygen atoms in total. The molecule has 0 saturated heterocycles. The quantitative estimate of drug-likeness (QED) is 0.906. The molecule has 2 N–H and O–H groups in total. The molecule has 1 saturated carbocycles. The second kappa shape index (κ2) is 5.02. The summed E-state index contributed by atoms with van der Waals surface area (Å²) in [5, 5.41) is 8.14. The fourth-order valence-electron chi connectivity index (χ4n) is 2.84. The Bertz CT molecular complexity index is 689. The van der Waals surface area contributed by atoms with Crippen LogP contribution in [-0.4, -0.2) is 23.5 Å². The molecule has 1 aromatic heterocycles. The molecule has 110 valence electrons. The maximum absolute atomic E-state index is 12.6. The molecule has 21 heavy (non-hydrogen) atoms. The molecule has 0 radical (unpaired) electrons. The number of nitrogens with zero attached hydrogens (tertiary/aromatic N) is 1. The van der Waals surface area contributed by atoms with Crippen LogP contribution >= 0.6 is 0 Å². The average molecular weight is 283 g/mol. The highest BCUT2D eigenvalue weighted by molar-refractivity contribution is 6.09. The van der Waals surface area contributed by atoms with E-state index in [1.807, 2.05) is 31.3 Å². The highest BCUT2D eigenvalue weighted by Crippen LogP contribution is 2.39. The summed E-state index contributed by atoms with van der Waals surface area (Å²) in [6.07, 6.45) is 4.06. The first-order valence-corrected chi connectivity index (χ1v) is 7.41. The summed E-state index contributed by atoms with van der Waals surface area (Å²) in [6.45, 7) is 4.19. The number of carbonyl (C=O) groups excluding carboxylic acids is 1. The third-order valence-corrected chi connectivity index (χ3v) is 4.31. The highest BCUT2D eigenvalue weighted by atomic mass is 16.1. The van der Waals surface area contributed by atoms with Crippen LogP contribution in [0.25, 0.3) is 10.8 Å². The molecular formula is C17H21N3O. The van der Waals surface area contributed by atoms with E-state index in [0.29, 0.717) is 11.5 Å². The topological polar surface area (TPSA) is 54.0 Å². The van der Waals surface area contributed by atoms with Gasteiger partial charge < -0.3 is 10.6 Å². The van der Waals surface area contributed by atoms with Crippen molar-refractivity contribution in [3.63, 3.8) is 0 Å². The first kappa shape index (κ1) is 13.9. The van der Waals surface area contributed by atoms with Crippen molar-refractivity contribution < 1.29 is 4.79 Å². The fourth-order valence-corrected chi connectivity index (χ4v) is 2.84. The molecule has 1 amide bonds. The summed E-state index contributed by atoms with van der Waals surface area (Å²) >= 11 is 0. The molecule has 2 aromatic rings. The van der Waals surface area contributed by atoms with Crippen molar-refractivity contribution in [2.24, 2.45) is 5.92 Å². The smallest absolute Gasteiger partial charge is 0.253 e. The minimum atomic E-state index is -0.153. The average Bonchev–Trinajstić information content (AvgIpc) is 3.30. The number of hydrogen-bond acceptors (Lipinski definition) is 3. The molecule has 0 spiro atoms. The summed E-state index contributed by atoms with van der Waals surface area (Å²) in [7, 11) is 1.84. The predicted molar refractivity (Wildman–Crippen MR) is 85.6 cm³/mol. The Morgan fingerprint density at radius 1 is 1.24 bits per heavy atom. The largest absolute Gasteiger partial charge is 0.373 e. The predicted octanol–water partition coefficient (Wildman–Crippen LogP) is 3.19. The molecule has 0 unspecified atom stereocenters. The van der Waals surface area contributed by atoms with Gasteiger partial charge in [-0.3, -0.25) is 4.79 Å². The van der Waals surface area contributed by atoms with Crippen LogP contribution in [0, 0.1) is 5.92 Å². The molecule has 1 aromatic carbocycles. The van der Waals surface area contributed by atoms with E-state index < -0.39 is 0 Å². The Morgan fingerprint density at radius 2 is 1.90 bits per heavy atom. The van der Waals surface area contributed by atoms with Crippen LogP contribution in [0.15, 0.2) is 30.5 Å². The number of pyridine rings is 1. The third-order valence-electron chi connectivity index (χ3n) is 4.31. The highest BCUT2D eigenvalue weighted by Gasteiger charge is 2.39. The van der Waals surface area contributed by atoms with Gasteiger partial charge in [-0.25, -0.2) is 4.98 Å². The number of aromatic nitrogens is 1. The van der Waals surface area contributed by atoms with Gasteiger partial charge >= 0.3 is 0 Å². The monoisotopic (exact) mass is 283 g/mol. The SMILES string of the molecule is CNc1ncc(C(=O)NC(C)(C)C2CC2)c2ccccc12. The van der Waals surface area contributed by atoms with Gasteiger partial charge in [-0.1, -0.05) is 24.3 Å². The van der Waals surface area contributed by atoms with Crippen molar-refractivity contribution in [2.45, 2.75) is 32.2 Å². The summed E-state index contributed by atoms with van der Waals surface area (Å²) in [5.74, 6) is 1.35. The fraction of sp³-hybridized carbons (Fsp3) is 0.412. The lowest BCUT2D eigenvalue weighted by Crippen LogP contribution is -2.45. The molecule has 1 aliphatic rings. The van der Waals surface area contributed by atoms with Crippen LogP contribution in [0.5, 0.6) is 0 Å². The summed E-state index contributed by atoms with van der Waals surface area (Å²) in [5.41, 5.74) is 0.484. The number of amides is 1. The lowest BCUT2D eigenvalue weighted by atomic mass is 9.97. The Labute approximate surface area is 125 Å². The first-order chi connectivity index (χ1) is 10.0. The van der Waals surface area contributed by atoms with E-state index >= 15 is 0 Å². The van der Waals surface area contributed by atoms with Gasteiger partial charge in [0, 0.05) is 24.2 Å². The van der Waals surface area contributed by atoms with Crippen LogP contribution < -0.4 is 10.6 Å². The van der Waals surface area contributed by atoms with Crippen LogP contribution in [0.2, 0.25) is 0 Å². The molecule has 3 rings (SSSR count). The lowest BCUT2D eigenvalue weighted by molar-refractivity contribution is 0.0905. The van der Waals surface area contributed by atoms with Gasteiger partial charge in [-0.05, 0) is 38.0 Å². The van der Waals surface area contributed by atoms with Crippen molar-refractivity contribution in [3.05, 3.63) is 36.0 Å². The molecular weight excluding hydrogens is 262 g/mol. The van der Waals surface area contributed by atoms with Crippen molar-refractivity contribution in [2.75, 3.05) is 12.4 Å². The van der Waals surface area contributed by atoms with Gasteiger partial charge in [0.15, 0.2) is 0 Å². The molecule has 1 heterocycles. The van der Waals surface area contributed by atoms with Gasteiger partial charge in [0.2, 0.25) is 0 Å². The Kier molecular flexibility index (Phi) is 3.32. The van der Waals surface area contributed by atoms with E-state index in [0.717, 1.165) is 16.6 Å². The van der Waals surface area contributed by atoms with Gasteiger partial charge in [-0.15, -0.1) is 0 Å². The van der Waals surface area contributed by atoms with Crippen LogP contribution in [0.4, 0.5) is 5.82 Å². The van der Waals surface area contributed by atoms with Gasteiger partial charge in [0.1, 0.15) is 5.82 Å². The second-order valence-electron chi connectivity index (χ2n) is 6.27. The van der Waals surface area contributed by atoms with Crippen molar-refractivity contribution in [3.8, 4) is 0 Å². The van der Waals surface area contributed by atoms with Crippen LogP contribution in [0.1, 0.15) is 37.0 Å². The van der Waals surface area contributed by atoms with Crippen molar-refractivity contribution in [1.29, 1.82) is 0 Å². The summed E-state index contributed by atoms with van der Waals surface area (Å²) < 4.78 is 0. The Morgan fingerprint density at radius 3 is 2.52 bits per heavy atom. The van der Waals surface area contributed by atoms with E-state index in [1.54, 1.807) is 6.20 Å². The molecule has 0 atom stereocenters. The van der Waals surface area contributed by atoms with Crippen LogP contribution in [-0.2, 0) is 0 Å². The number of anilines is 1. The van der Waals surface area contributed by atoms with Crippen molar-refractivity contribution in [1.82, 2.24) is 10.3 Å². The zero-order valence-corrected chi connectivity index (χ0v) is 12.7. The van der Waals surface area contributed by atoms with Gasteiger partial charge in [0.25, 0.3) is 5.91 Å². The van der Waals surface area contributed by atoms with E-state index in [4.69, 9.17) is 0 Å². The number of benzene rings is 1. The van der Waals surface area contributed by atoms with E-state index in [-0.39, 0.29) is 11.4 Å². The minimum Gasteiger partial charge on any atom is -0.373 e. The second-order valence-corrected chi connectivity index (χ2v) is 6.27. The molecule has 0 bridgehead atoms. The molecule has 4 heteroatoms. The maximum atomic E-state index is 12.6. The summed E-state index contributed by atoms with van der Waals surface area (Å²) in [6, 6.07) is 7.86. The first-order valence-electron chi connectivity index (χ1n) is 7.41. The Hall–Kier alpha value is -2.10. The Balaban J connectivity index is 1.98. The third kappa shape index (κ3) is 2.58. The molecule has 1 fully saturated rings. The zero-order valence-electron chi connectivity index (χ0n) is 12.7. The van der Waals surface area contributed by atoms with Gasteiger partial charge in [-0.2, -0.15) is 0 Å². The van der Waals surface area contributed by atoms with Crippen molar-refractivity contribution >= 4 is 22.5 Å². The number of hydrogen-bond donors (Lipinski definition) is 2. The van der Waals surface area contributed by atoms with E-state index in [2.05, 4.69) is 29.5 Å². The number of fused-ring (bicyclic) bond motifs is 1. The minimum absolute atomic E-state index is 0.0433. The van der Waals surface area contributed by atoms with Gasteiger partial charge in [0.05, 0.1) is 5.56 Å². The van der Waals surface area contributed by atoms with E-state index in [9.17, 15) is 4.79 Å². The number of rotatable bonds is 4. The molecule has 1 aliphatic carbocycles. The number of carbonyl (C=O) groups is 1. The number of nitrogens with one attached hydrogen (secondary N) is 2. The molecule has 0 aliphatic heterocycles. The maximum Gasteiger partial charge on any atom is 0.253 e. The lowest BCUT2D eigenvalue weighted by Gasteiger charge is -2.26. The van der Waals surface area contributed by atoms with E-state index in [1.165, 1.54) is 12.8 Å². The normalized spacial score (nSPS) is 15.0. The van der Waals surface area contributed by atoms with Crippen LogP contribution in [0.3, 0.4) is 0 Å². The standard InChI is InChI=1S/C17H21N3O/c1-17(2,11-8-9-11)20-16(21)14-10-19-15(18-3)13-7-5-4-6-12(13)14/h4-7,10-11H,8-9H2,1-3H3,(H,18,19)(H,20,21). The summed E-state index contributed by atoms with van der Waals surface area (Å²) in [4.78, 5) is 17.0.